The molecule has 1 N–H and O–H groups in total. The first-order valence-corrected chi connectivity index (χ1v) is 9.59. The normalized spacial score (nSPS) is 18.3. The van der Waals surface area contributed by atoms with Gasteiger partial charge in [-0.25, -0.2) is 4.79 Å². The highest BCUT2D eigenvalue weighted by atomic mass is 32.1. The maximum Gasteiger partial charge on any atom is 0.348 e. The monoisotopic (exact) mass is 335 g/mol. The maximum absolute atomic E-state index is 12.1. The zero-order valence-electron chi connectivity index (χ0n) is 13.6. The molecule has 23 heavy (non-hydrogen) atoms. The van der Waals surface area contributed by atoms with Gasteiger partial charge in [-0.1, -0.05) is 19.3 Å². The Bertz CT molecular complexity index is 537. The van der Waals surface area contributed by atoms with E-state index in [1.165, 1.54) is 66.7 Å². The van der Waals surface area contributed by atoms with Crippen LogP contribution >= 0.6 is 11.3 Å². The van der Waals surface area contributed by atoms with Crippen molar-refractivity contribution in [3.63, 3.8) is 0 Å². The van der Waals surface area contributed by atoms with Crippen LogP contribution in [0.1, 0.15) is 65.1 Å². The van der Waals surface area contributed by atoms with Crippen LogP contribution in [0.4, 0.5) is 0 Å². The van der Waals surface area contributed by atoms with Gasteiger partial charge < -0.3 is 10.1 Å². The second kappa shape index (κ2) is 7.95. The van der Waals surface area contributed by atoms with E-state index in [-0.39, 0.29) is 18.5 Å². The summed E-state index contributed by atoms with van der Waals surface area (Å²) in [7, 11) is 0. The van der Waals surface area contributed by atoms with Crippen LogP contribution in [0, 0.1) is 5.92 Å². The van der Waals surface area contributed by atoms with Crippen LogP contribution in [-0.4, -0.2) is 25.0 Å². The molecule has 0 saturated heterocycles. The molecule has 126 valence electrons. The number of ether oxygens (including phenoxy) is 1. The molecular formula is C18H25NO3S. The molecule has 2 aliphatic rings. The fourth-order valence-corrected chi connectivity index (χ4v) is 4.64. The molecule has 0 bridgehead atoms. The summed E-state index contributed by atoms with van der Waals surface area (Å²) in [6.45, 7) is 0.539. The molecular weight excluding hydrogens is 310 g/mol. The smallest absolute Gasteiger partial charge is 0.348 e. The lowest BCUT2D eigenvalue weighted by Crippen LogP contribution is -2.33. The summed E-state index contributed by atoms with van der Waals surface area (Å²) in [4.78, 5) is 25.9. The summed E-state index contributed by atoms with van der Waals surface area (Å²) in [5.41, 5.74) is 1.29. The van der Waals surface area contributed by atoms with E-state index in [0.717, 1.165) is 12.8 Å². The number of thiophene rings is 1. The van der Waals surface area contributed by atoms with E-state index >= 15 is 0 Å². The highest BCUT2D eigenvalue weighted by molar-refractivity contribution is 7.14. The molecule has 0 atom stereocenters. The van der Waals surface area contributed by atoms with Crippen LogP contribution in [0.2, 0.25) is 0 Å². The Hall–Kier alpha value is -1.36. The Balaban J connectivity index is 1.41. The van der Waals surface area contributed by atoms with Crippen molar-refractivity contribution in [1.82, 2.24) is 5.32 Å². The number of rotatable bonds is 5. The van der Waals surface area contributed by atoms with Gasteiger partial charge in [0.25, 0.3) is 5.91 Å². The SMILES string of the molecule is O=C(COC(=O)c1cc2c(s1)CCCC2)NCC1CCCCC1. The predicted octanol–water partition coefficient (Wildman–Crippen LogP) is 3.48. The van der Waals surface area contributed by atoms with Gasteiger partial charge in [-0.05, 0) is 56.1 Å². The number of fused-ring (bicyclic) bond motifs is 1. The van der Waals surface area contributed by atoms with Crippen LogP contribution < -0.4 is 5.32 Å². The first kappa shape index (κ1) is 16.5. The van der Waals surface area contributed by atoms with E-state index in [1.807, 2.05) is 6.07 Å². The summed E-state index contributed by atoms with van der Waals surface area (Å²) in [5.74, 6) is 0.0369. The minimum absolute atomic E-state index is 0.173. The molecule has 1 amide bonds. The minimum Gasteiger partial charge on any atom is -0.451 e. The van der Waals surface area contributed by atoms with E-state index in [1.54, 1.807) is 0 Å². The van der Waals surface area contributed by atoms with Crippen LogP contribution in [0.25, 0.3) is 0 Å². The number of carbonyl (C=O) groups is 2. The molecule has 1 aromatic heterocycles. The van der Waals surface area contributed by atoms with E-state index < -0.39 is 0 Å². The average molecular weight is 335 g/mol. The molecule has 0 aliphatic heterocycles. The third kappa shape index (κ3) is 4.56. The summed E-state index contributed by atoms with van der Waals surface area (Å²) in [6.07, 6.45) is 10.7. The maximum atomic E-state index is 12.1. The molecule has 5 heteroatoms. The van der Waals surface area contributed by atoms with Crippen LogP contribution in [-0.2, 0) is 22.4 Å². The molecule has 0 unspecified atom stereocenters. The van der Waals surface area contributed by atoms with Crippen LogP contribution in [0.3, 0.4) is 0 Å². The summed E-state index contributed by atoms with van der Waals surface area (Å²) >= 11 is 1.52. The Morgan fingerprint density at radius 2 is 1.91 bits per heavy atom. The number of amides is 1. The topological polar surface area (TPSA) is 55.4 Å². The zero-order valence-corrected chi connectivity index (χ0v) is 14.4. The van der Waals surface area contributed by atoms with Crippen molar-refractivity contribution < 1.29 is 14.3 Å². The summed E-state index contributed by atoms with van der Waals surface area (Å²) in [6, 6.07) is 1.95. The van der Waals surface area contributed by atoms with Crippen molar-refractivity contribution >= 4 is 23.2 Å². The third-order valence-corrected chi connectivity index (χ3v) is 6.06. The fourth-order valence-electron chi connectivity index (χ4n) is 3.49. The molecule has 3 rings (SSSR count). The molecule has 1 heterocycles. The van der Waals surface area contributed by atoms with Crippen molar-refractivity contribution in [3.05, 3.63) is 21.4 Å². The van der Waals surface area contributed by atoms with Crippen LogP contribution in [0.5, 0.6) is 0 Å². The molecule has 4 nitrogen and oxygen atoms in total. The van der Waals surface area contributed by atoms with Gasteiger partial charge in [0, 0.05) is 11.4 Å². The van der Waals surface area contributed by atoms with Gasteiger partial charge >= 0.3 is 5.97 Å². The predicted molar refractivity (Wildman–Crippen MR) is 90.8 cm³/mol. The molecule has 1 saturated carbocycles. The van der Waals surface area contributed by atoms with Gasteiger partial charge in [0.15, 0.2) is 6.61 Å². The van der Waals surface area contributed by atoms with Gasteiger partial charge in [0.2, 0.25) is 0 Å². The van der Waals surface area contributed by atoms with Gasteiger partial charge in [-0.2, -0.15) is 0 Å². The quantitative estimate of drug-likeness (QED) is 0.838. The largest absolute Gasteiger partial charge is 0.451 e. The molecule has 0 spiro atoms. The van der Waals surface area contributed by atoms with Crippen molar-refractivity contribution in [2.75, 3.05) is 13.2 Å². The van der Waals surface area contributed by atoms with Gasteiger partial charge in [0.05, 0.1) is 0 Å². The van der Waals surface area contributed by atoms with E-state index in [4.69, 9.17) is 4.74 Å². The van der Waals surface area contributed by atoms with Gasteiger partial charge in [0.1, 0.15) is 4.88 Å². The van der Waals surface area contributed by atoms with Gasteiger partial charge in [-0.3, -0.25) is 4.79 Å². The second-order valence-electron chi connectivity index (χ2n) is 6.65. The minimum atomic E-state index is -0.364. The van der Waals surface area contributed by atoms with E-state index in [0.29, 0.717) is 17.3 Å². The van der Waals surface area contributed by atoms with Gasteiger partial charge in [-0.15, -0.1) is 11.3 Å². The summed E-state index contributed by atoms with van der Waals surface area (Å²) in [5, 5.41) is 2.90. The molecule has 0 radical (unpaired) electrons. The number of hydrogen-bond donors (Lipinski definition) is 1. The standard InChI is InChI=1S/C18H25NO3S/c20-17(19-11-13-6-2-1-3-7-13)12-22-18(21)16-10-14-8-4-5-9-15(14)23-16/h10,13H,1-9,11-12H2,(H,19,20). The summed E-state index contributed by atoms with van der Waals surface area (Å²) < 4.78 is 5.17. The zero-order chi connectivity index (χ0) is 16.1. The number of aryl methyl sites for hydroxylation is 2. The van der Waals surface area contributed by atoms with Crippen molar-refractivity contribution in [3.8, 4) is 0 Å². The Kier molecular flexibility index (Phi) is 5.70. The third-order valence-electron chi connectivity index (χ3n) is 4.84. The average Bonchev–Trinajstić information content (AvgIpc) is 3.03. The van der Waals surface area contributed by atoms with Crippen molar-refractivity contribution in [2.45, 2.75) is 57.8 Å². The molecule has 2 aliphatic carbocycles. The number of hydrogen-bond acceptors (Lipinski definition) is 4. The molecule has 1 aromatic rings. The van der Waals surface area contributed by atoms with Crippen molar-refractivity contribution in [2.24, 2.45) is 5.92 Å². The van der Waals surface area contributed by atoms with E-state index in [2.05, 4.69) is 5.32 Å². The number of carbonyl (C=O) groups excluding carboxylic acids is 2. The lowest BCUT2D eigenvalue weighted by Gasteiger charge is -2.21. The highest BCUT2D eigenvalue weighted by Crippen LogP contribution is 2.30. The lowest BCUT2D eigenvalue weighted by atomic mass is 9.89. The van der Waals surface area contributed by atoms with Crippen molar-refractivity contribution in [1.29, 1.82) is 0 Å². The van der Waals surface area contributed by atoms with E-state index in [9.17, 15) is 9.59 Å². The highest BCUT2D eigenvalue weighted by Gasteiger charge is 2.19. The first-order valence-electron chi connectivity index (χ1n) is 8.78. The number of nitrogens with one attached hydrogen (secondary N) is 1. The lowest BCUT2D eigenvalue weighted by molar-refractivity contribution is -0.124. The Morgan fingerprint density at radius 1 is 1.13 bits per heavy atom. The molecule has 0 aromatic carbocycles. The van der Waals surface area contributed by atoms with Crippen LogP contribution in [0.15, 0.2) is 6.07 Å². The number of esters is 1. The Labute approximate surface area is 141 Å². The fraction of sp³-hybridized carbons (Fsp3) is 0.667. The first-order chi connectivity index (χ1) is 11.2. The molecule has 1 fully saturated rings. The Morgan fingerprint density at radius 3 is 2.70 bits per heavy atom. The second-order valence-corrected chi connectivity index (χ2v) is 7.79.